The van der Waals surface area contributed by atoms with Crippen LogP contribution in [0.4, 0.5) is 0 Å². The second-order valence-corrected chi connectivity index (χ2v) is 9.22. The van der Waals surface area contributed by atoms with E-state index in [1.54, 1.807) is 0 Å². The number of hydrogen-bond donors (Lipinski definition) is 1. The standard InChI is InChI=1S/C23H27NO2.C8H10/c1-17(2)21(20-12-8-7-9-18(20)3)22(25)24-15-13-23(26,14-16-24)19-10-5-4-6-11-19;1-2-8-6-4-3-5-7-8/h4-12,26H,13-16H2,1-3H3;3-7H,2H2,1H3. The molecule has 0 spiro atoms. The number of piperidine rings is 1. The second-order valence-electron chi connectivity index (χ2n) is 9.22. The fourth-order valence-corrected chi connectivity index (χ4v) is 4.44. The van der Waals surface area contributed by atoms with Crippen LogP contribution >= 0.6 is 0 Å². The summed E-state index contributed by atoms with van der Waals surface area (Å²) in [4.78, 5) is 15.1. The number of nitrogens with zero attached hydrogens (tertiary/aromatic N) is 1. The Hall–Kier alpha value is -3.17. The molecule has 3 aromatic rings. The average Bonchev–Trinajstić information content (AvgIpc) is 2.87. The zero-order chi connectivity index (χ0) is 24.6. The van der Waals surface area contributed by atoms with Crippen LogP contribution < -0.4 is 0 Å². The minimum Gasteiger partial charge on any atom is -0.385 e. The molecule has 1 aliphatic rings. The molecule has 0 saturated carbocycles. The van der Waals surface area contributed by atoms with Gasteiger partial charge in [0.15, 0.2) is 0 Å². The highest BCUT2D eigenvalue weighted by Crippen LogP contribution is 2.34. The maximum Gasteiger partial charge on any atom is 0.254 e. The van der Waals surface area contributed by atoms with E-state index < -0.39 is 5.60 Å². The summed E-state index contributed by atoms with van der Waals surface area (Å²) in [7, 11) is 0. The molecular formula is C31H37NO2. The van der Waals surface area contributed by atoms with Crippen molar-refractivity contribution in [3.63, 3.8) is 0 Å². The molecule has 34 heavy (non-hydrogen) atoms. The maximum atomic E-state index is 13.2. The van der Waals surface area contributed by atoms with E-state index in [2.05, 4.69) is 31.2 Å². The molecule has 178 valence electrons. The van der Waals surface area contributed by atoms with Crippen molar-refractivity contribution in [2.75, 3.05) is 13.1 Å². The van der Waals surface area contributed by atoms with Crippen LogP contribution in [-0.2, 0) is 16.8 Å². The fourth-order valence-electron chi connectivity index (χ4n) is 4.44. The number of aryl methyl sites for hydroxylation is 2. The average molecular weight is 456 g/mol. The molecule has 0 atom stereocenters. The maximum absolute atomic E-state index is 13.2. The summed E-state index contributed by atoms with van der Waals surface area (Å²) in [6.45, 7) is 9.30. The van der Waals surface area contributed by atoms with Crippen molar-refractivity contribution >= 4 is 11.5 Å². The third-order valence-electron chi connectivity index (χ3n) is 6.57. The number of benzene rings is 3. The fraction of sp³-hybridized carbons (Fsp3) is 0.323. The lowest BCUT2D eigenvalue weighted by Gasteiger charge is -2.39. The van der Waals surface area contributed by atoms with E-state index in [1.165, 1.54) is 5.56 Å². The number of amides is 1. The Labute approximate surface area is 204 Å². The van der Waals surface area contributed by atoms with Gasteiger partial charge in [0, 0.05) is 18.7 Å². The quantitative estimate of drug-likeness (QED) is 0.453. The SMILES string of the molecule is CC(C)=C(C(=O)N1CCC(O)(c2ccccc2)CC1)c1ccccc1C.CCc1ccccc1. The van der Waals surface area contributed by atoms with E-state index in [4.69, 9.17) is 0 Å². The number of carbonyl (C=O) groups is 1. The first-order chi connectivity index (χ1) is 16.4. The summed E-state index contributed by atoms with van der Waals surface area (Å²) in [5.41, 5.74) is 5.42. The van der Waals surface area contributed by atoms with Crippen LogP contribution in [0, 0.1) is 6.92 Å². The number of hydrogen-bond acceptors (Lipinski definition) is 2. The first kappa shape index (κ1) is 25.5. The Balaban J connectivity index is 0.000000343. The third kappa shape index (κ3) is 6.24. The molecule has 0 bridgehead atoms. The van der Waals surface area contributed by atoms with Gasteiger partial charge >= 0.3 is 0 Å². The van der Waals surface area contributed by atoms with Crippen LogP contribution in [0.15, 0.2) is 90.5 Å². The first-order valence-corrected chi connectivity index (χ1v) is 12.2. The van der Waals surface area contributed by atoms with E-state index in [0.29, 0.717) is 25.9 Å². The lowest BCUT2D eigenvalue weighted by Crippen LogP contribution is -2.45. The summed E-state index contributed by atoms with van der Waals surface area (Å²) < 4.78 is 0. The van der Waals surface area contributed by atoms with Gasteiger partial charge in [-0.25, -0.2) is 0 Å². The molecule has 0 unspecified atom stereocenters. The number of likely N-dealkylation sites (tertiary alicyclic amines) is 1. The molecule has 1 saturated heterocycles. The Morgan fingerprint density at radius 2 is 1.38 bits per heavy atom. The highest BCUT2D eigenvalue weighted by molar-refractivity contribution is 6.20. The molecule has 1 fully saturated rings. The summed E-state index contributed by atoms with van der Waals surface area (Å²) in [6.07, 6.45) is 2.26. The summed E-state index contributed by atoms with van der Waals surface area (Å²) in [5, 5.41) is 11.0. The van der Waals surface area contributed by atoms with Crippen molar-refractivity contribution < 1.29 is 9.90 Å². The number of aliphatic hydroxyl groups is 1. The van der Waals surface area contributed by atoms with Crippen molar-refractivity contribution in [1.29, 1.82) is 0 Å². The van der Waals surface area contributed by atoms with Crippen molar-refractivity contribution in [3.8, 4) is 0 Å². The molecule has 3 aromatic carbocycles. The van der Waals surface area contributed by atoms with Gasteiger partial charge < -0.3 is 10.0 Å². The lowest BCUT2D eigenvalue weighted by atomic mass is 9.84. The van der Waals surface area contributed by atoms with Crippen molar-refractivity contribution in [2.24, 2.45) is 0 Å². The molecule has 0 aliphatic carbocycles. The van der Waals surface area contributed by atoms with E-state index in [1.807, 2.05) is 86.3 Å². The van der Waals surface area contributed by atoms with Crippen molar-refractivity contribution in [3.05, 3.63) is 113 Å². The van der Waals surface area contributed by atoms with E-state index in [0.717, 1.165) is 34.3 Å². The first-order valence-electron chi connectivity index (χ1n) is 12.2. The number of carbonyl (C=O) groups excluding carboxylic acids is 1. The predicted molar refractivity (Wildman–Crippen MR) is 141 cm³/mol. The van der Waals surface area contributed by atoms with Gasteiger partial charge in [0.25, 0.3) is 5.91 Å². The Bertz CT molecular complexity index is 1090. The Kier molecular flexibility index (Phi) is 8.84. The normalized spacial score (nSPS) is 14.6. The highest BCUT2D eigenvalue weighted by Gasteiger charge is 2.36. The molecule has 3 nitrogen and oxygen atoms in total. The smallest absolute Gasteiger partial charge is 0.254 e. The van der Waals surface area contributed by atoms with E-state index >= 15 is 0 Å². The predicted octanol–water partition coefficient (Wildman–Crippen LogP) is 6.55. The van der Waals surface area contributed by atoms with Crippen molar-refractivity contribution in [2.45, 2.75) is 52.6 Å². The van der Waals surface area contributed by atoms with Crippen LogP contribution in [0.2, 0.25) is 0 Å². The van der Waals surface area contributed by atoms with Crippen molar-refractivity contribution in [1.82, 2.24) is 4.90 Å². The molecule has 4 rings (SSSR count). The molecule has 0 radical (unpaired) electrons. The Morgan fingerprint density at radius 3 is 1.88 bits per heavy atom. The topological polar surface area (TPSA) is 40.5 Å². The summed E-state index contributed by atoms with van der Waals surface area (Å²) >= 11 is 0. The Morgan fingerprint density at radius 1 is 0.853 bits per heavy atom. The number of rotatable bonds is 4. The van der Waals surface area contributed by atoms with E-state index in [9.17, 15) is 9.90 Å². The van der Waals surface area contributed by atoms with Gasteiger partial charge in [-0.1, -0.05) is 97.4 Å². The summed E-state index contributed by atoms with van der Waals surface area (Å²) in [6, 6.07) is 28.3. The zero-order valence-electron chi connectivity index (χ0n) is 20.9. The lowest BCUT2D eigenvalue weighted by molar-refractivity contribution is -0.129. The van der Waals surface area contributed by atoms with Gasteiger partial charge in [-0.3, -0.25) is 4.79 Å². The van der Waals surface area contributed by atoms with Gasteiger partial charge in [-0.05, 0) is 62.3 Å². The number of allylic oxidation sites excluding steroid dienone is 1. The molecular weight excluding hydrogens is 418 g/mol. The minimum atomic E-state index is -0.841. The molecule has 1 aliphatic heterocycles. The second kappa shape index (κ2) is 11.8. The van der Waals surface area contributed by atoms with Gasteiger partial charge in [0.2, 0.25) is 0 Å². The molecule has 1 N–H and O–H groups in total. The van der Waals surface area contributed by atoms with Gasteiger partial charge in [-0.2, -0.15) is 0 Å². The van der Waals surface area contributed by atoms with Gasteiger partial charge in [-0.15, -0.1) is 0 Å². The highest BCUT2D eigenvalue weighted by atomic mass is 16.3. The largest absolute Gasteiger partial charge is 0.385 e. The van der Waals surface area contributed by atoms with Crippen LogP contribution in [0.25, 0.3) is 5.57 Å². The van der Waals surface area contributed by atoms with Crippen LogP contribution in [-0.4, -0.2) is 29.0 Å². The molecule has 0 aromatic heterocycles. The third-order valence-corrected chi connectivity index (χ3v) is 6.57. The van der Waals surface area contributed by atoms with Gasteiger partial charge in [0.05, 0.1) is 5.60 Å². The monoisotopic (exact) mass is 455 g/mol. The summed E-state index contributed by atoms with van der Waals surface area (Å²) in [5.74, 6) is 0.0643. The molecule has 1 amide bonds. The van der Waals surface area contributed by atoms with E-state index in [-0.39, 0.29) is 5.91 Å². The molecule has 1 heterocycles. The molecule has 3 heteroatoms. The zero-order valence-corrected chi connectivity index (χ0v) is 20.9. The van der Waals surface area contributed by atoms with Gasteiger partial charge in [0.1, 0.15) is 0 Å². The van der Waals surface area contributed by atoms with Crippen LogP contribution in [0.3, 0.4) is 0 Å². The van der Waals surface area contributed by atoms with Crippen LogP contribution in [0.1, 0.15) is 55.9 Å². The minimum absolute atomic E-state index is 0.0643. The van der Waals surface area contributed by atoms with Crippen LogP contribution in [0.5, 0.6) is 0 Å².